The highest BCUT2D eigenvalue weighted by Gasteiger charge is 2.30. The summed E-state index contributed by atoms with van der Waals surface area (Å²) in [5.74, 6) is 0. The summed E-state index contributed by atoms with van der Waals surface area (Å²) in [7, 11) is 0. The van der Waals surface area contributed by atoms with Crippen LogP contribution in [0.15, 0.2) is 104 Å². The first kappa shape index (κ1) is 23.9. The second-order valence-electron chi connectivity index (χ2n) is 8.82. The van der Waals surface area contributed by atoms with Gasteiger partial charge in [0.15, 0.2) is 5.52 Å². The predicted octanol–water partition coefficient (Wildman–Crippen LogP) is 3.98. The molecule has 0 saturated heterocycles. The SMILES string of the molecule is FC(F)(F)c1ccc(-n2cc3c4c(cc[n+]3c2)c2ccccc2n4CCCc2ccccc2)cc1.[Cl-]. The van der Waals surface area contributed by atoms with Gasteiger partial charge in [0.05, 0.1) is 11.8 Å². The molecule has 0 fully saturated rings. The van der Waals surface area contributed by atoms with Gasteiger partial charge in [0, 0.05) is 22.8 Å². The third-order valence-electron chi connectivity index (χ3n) is 6.63. The minimum Gasteiger partial charge on any atom is -1.00 e. The average Bonchev–Trinajstić information content (AvgIpc) is 3.44. The zero-order valence-corrected chi connectivity index (χ0v) is 20.0. The lowest BCUT2D eigenvalue weighted by atomic mass is 10.1. The van der Waals surface area contributed by atoms with E-state index >= 15 is 0 Å². The van der Waals surface area contributed by atoms with Gasteiger partial charge in [-0.25, -0.2) is 8.97 Å². The van der Waals surface area contributed by atoms with Crippen LogP contribution in [0, 0.1) is 0 Å². The molecule has 36 heavy (non-hydrogen) atoms. The molecule has 6 rings (SSSR count). The van der Waals surface area contributed by atoms with Gasteiger partial charge >= 0.3 is 6.18 Å². The van der Waals surface area contributed by atoms with Crippen molar-refractivity contribution in [2.75, 3.05) is 0 Å². The first-order valence-corrected chi connectivity index (χ1v) is 11.6. The Hall–Kier alpha value is -3.77. The Kier molecular flexibility index (Phi) is 6.22. The van der Waals surface area contributed by atoms with Crippen LogP contribution in [0.4, 0.5) is 13.2 Å². The number of imidazole rings is 1. The summed E-state index contributed by atoms with van der Waals surface area (Å²) in [6, 6.07) is 26.3. The molecule has 0 radical (unpaired) electrons. The van der Waals surface area contributed by atoms with E-state index in [2.05, 4.69) is 59.2 Å². The highest BCUT2D eigenvalue weighted by Crippen LogP contribution is 2.32. The Labute approximate surface area is 212 Å². The summed E-state index contributed by atoms with van der Waals surface area (Å²) in [4.78, 5) is 0. The van der Waals surface area contributed by atoms with E-state index in [-0.39, 0.29) is 12.4 Å². The largest absolute Gasteiger partial charge is 1.00 e. The van der Waals surface area contributed by atoms with Crippen LogP contribution in [0.1, 0.15) is 17.5 Å². The molecule has 3 aromatic heterocycles. The average molecular weight is 506 g/mol. The molecule has 0 unspecified atom stereocenters. The van der Waals surface area contributed by atoms with E-state index < -0.39 is 11.7 Å². The standard InChI is InChI=1S/C29H23F3N3.ClH/c30-29(31,32)22-12-14-23(15-13-22)34-19-27-28-25(16-18-33(27)20-34)24-10-4-5-11-26(24)35(28)17-6-9-21-7-2-1-3-8-21;/h1-5,7-8,10-16,18-20H,6,9,17H2;1H/q+1;/p-1. The number of hydrogen-bond acceptors (Lipinski definition) is 0. The molecule has 182 valence electrons. The maximum absolute atomic E-state index is 13.0. The molecule has 0 aliphatic rings. The van der Waals surface area contributed by atoms with Crippen LogP contribution in [0.3, 0.4) is 0 Å². The number of fused-ring (bicyclic) bond motifs is 5. The number of rotatable bonds is 5. The number of pyridine rings is 1. The molecule has 0 amide bonds. The molecule has 7 heteroatoms. The van der Waals surface area contributed by atoms with Crippen LogP contribution in [-0.2, 0) is 19.1 Å². The number of halogens is 4. The van der Waals surface area contributed by atoms with E-state index in [1.807, 2.05) is 33.8 Å². The summed E-state index contributed by atoms with van der Waals surface area (Å²) >= 11 is 0. The Morgan fingerprint density at radius 3 is 2.25 bits per heavy atom. The summed E-state index contributed by atoms with van der Waals surface area (Å²) in [6.45, 7) is 0.865. The second kappa shape index (κ2) is 9.36. The summed E-state index contributed by atoms with van der Waals surface area (Å²) < 4.78 is 45.3. The molecule has 3 aromatic carbocycles. The molecule has 0 saturated carbocycles. The van der Waals surface area contributed by atoms with Crippen molar-refractivity contribution < 1.29 is 30.0 Å². The number of aromatic nitrogens is 3. The van der Waals surface area contributed by atoms with Crippen LogP contribution in [0.5, 0.6) is 0 Å². The fraction of sp³-hybridized carbons (Fsp3) is 0.138. The van der Waals surface area contributed by atoms with Crippen molar-refractivity contribution in [2.24, 2.45) is 0 Å². The van der Waals surface area contributed by atoms with Gasteiger partial charge in [0.2, 0.25) is 0 Å². The van der Waals surface area contributed by atoms with Gasteiger partial charge in [-0.1, -0.05) is 48.5 Å². The predicted molar refractivity (Wildman–Crippen MR) is 132 cm³/mol. The Bertz CT molecular complexity index is 1650. The van der Waals surface area contributed by atoms with Crippen molar-refractivity contribution in [3.05, 3.63) is 115 Å². The van der Waals surface area contributed by atoms with E-state index in [4.69, 9.17) is 0 Å². The van der Waals surface area contributed by atoms with Crippen molar-refractivity contribution in [3.63, 3.8) is 0 Å². The minimum absolute atomic E-state index is 0. The third-order valence-corrected chi connectivity index (χ3v) is 6.63. The lowest BCUT2D eigenvalue weighted by Gasteiger charge is -2.07. The summed E-state index contributed by atoms with van der Waals surface area (Å²) in [6.07, 6.45) is 3.56. The van der Waals surface area contributed by atoms with E-state index in [9.17, 15) is 13.2 Å². The highest BCUT2D eigenvalue weighted by atomic mass is 35.5. The highest BCUT2D eigenvalue weighted by molar-refractivity contribution is 6.11. The number of hydrogen-bond donors (Lipinski definition) is 0. The molecule has 0 spiro atoms. The number of para-hydroxylation sites is 1. The molecule has 0 aliphatic heterocycles. The van der Waals surface area contributed by atoms with Crippen molar-refractivity contribution in [1.29, 1.82) is 0 Å². The summed E-state index contributed by atoms with van der Waals surface area (Å²) in [5, 5.41) is 2.37. The first-order chi connectivity index (χ1) is 17.0. The molecular weight excluding hydrogens is 483 g/mol. The van der Waals surface area contributed by atoms with Crippen molar-refractivity contribution in [2.45, 2.75) is 25.6 Å². The Morgan fingerprint density at radius 2 is 1.50 bits per heavy atom. The monoisotopic (exact) mass is 505 g/mol. The lowest BCUT2D eigenvalue weighted by molar-refractivity contribution is -0.510. The van der Waals surface area contributed by atoms with Gasteiger partial charge in [0.1, 0.15) is 17.4 Å². The second-order valence-corrected chi connectivity index (χ2v) is 8.82. The summed E-state index contributed by atoms with van der Waals surface area (Å²) in [5.41, 5.74) is 4.69. The first-order valence-electron chi connectivity index (χ1n) is 11.6. The maximum atomic E-state index is 13.0. The number of nitrogens with zero attached hydrogens (tertiary/aromatic N) is 3. The van der Waals surface area contributed by atoms with E-state index in [0.29, 0.717) is 5.69 Å². The fourth-order valence-electron chi connectivity index (χ4n) is 4.94. The van der Waals surface area contributed by atoms with Crippen LogP contribution in [0.2, 0.25) is 0 Å². The van der Waals surface area contributed by atoms with Gasteiger partial charge in [-0.3, -0.25) is 0 Å². The smallest absolute Gasteiger partial charge is 0.416 e. The van der Waals surface area contributed by atoms with Gasteiger partial charge in [-0.05, 0) is 54.8 Å². The maximum Gasteiger partial charge on any atom is 0.416 e. The minimum atomic E-state index is -4.35. The fourth-order valence-corrected chi connectivity index (χ4v) is 4.94. The third kappa shape index (κ3) is 4.22. The topological polar surface area (TPSA) is 14.0 Å². The van der Waals surface area contributed by atoms with Gasteiger partial charge in [0.25, 0.3) is 6.33 Å². The Balaban J connectivity index is 0.00000267. The van der Waals surface area contributed by atoms with Crippen molar-refractivity contribution in [3.8, 4) is 5.69 Å². The van der Waals surface area contributed by atoms with Gasteiger partial charge in [-0.15, -0.1) is 0 Å². The zero-order valence-electron chi connectivity index (χ0n) is 19.3. The number of alkyl halides is 3. The molecular formula is C29H23ClF3N3. The van der Waals surface area contributed by atoms with Crippen LogP contribution in [-0.4, -0.2) is 9.13 Å². The van der Waals surface area contributed by atoms with Crippen molar-refractivity contribution >= 4 is 27.3 Å². The van der Waals surface area contributed by atoms with E-state index in [1.165, 1.54) is 34.0 Å². The van der Waals surface area contributed by atoms with Crippen LogP contribution in [0.25, 0.3) is 33.0 Å². The normalized spacial score (nSPS) is 11.9. The molecule has 0 aliphatic carbocycles. The zero-order chi connectivity index (χ0) is 24.0. The lowest BCUT2D eigenvalue weighted by Crippen LogP contribution is -3.00. The molecule has 0 N–H and O–H groups in total. The molecule has 0 atom stereocenters. The van der Waals surface area contributed by atoms with Gasteiger partial charge in [-0.2, -0.15) is 13.2 Å². The van der Waals surface area contributed by atoms with Crippen LogP contribution < -0.4 is 16.8 Å². The number of aryl methyl sites for hydroxylation is 2. The molecule has 0 bridgehead atoms. The Morgan fingerprint density at radius 1 is 0.778 bits per heavy atom. The molecule has 3 heterocycles. The quantitative estimate of drug-likeness (QED) is 0.315. The molecule has 3 nitrogen and oxygen atoms in total. The molecule has 6 aromatic rings. The number of benzene rings is 3. The van der Waals surface area contributed by atoms with Gasteiger partial charge < -0.3 is 17.0 Å². The van der Waals surface area contributed by atoms with E-state index in [1.54, 1.807) is 0 Å². The van der Waals surface area contributed by atoms with Crippen LogP contribution >= 0.6 is 0 Å². The van der Waals surface area contributed by atoms with Crippen molar-refractivity contribution in [1.82, 2.24) is 9.13 Å². The van der Waals surface area contributed by atoms with E-state index in [0.717, 1.165) is 42.6 Å².